The van der Waals surface area contributed by atoms with Crippen molar-refractivity contribution in [3.63, 3.8) is 0 Å². The molecular formula is C14H28N2O3Si. The Labute approximate surface area is 123 Å². The van der Waals surface area contributed by atoms with Gasteiger partial charge in [-0.25, -0.2) is 0 Å². The molecule has 5 nitrogen and oxygen atoms in total. The lowest BCUT2D eigenvalue weighted by Gasteiger charge is -2.54. The Morgan fingerprint density at radius 3 is 2.60 bits per heavy atom. The largest absolute Gasteiger partial charge is 0.396 e. The van der Waals surface area contributed by atoms with Gasteiger partial charge in [-0.05, 0) is 25.3 Å². The maximum absolute atomic E-state index is 6.15. The first-order chi connectivity index (χ1) is 9.69. The zero-order valence-corrected chi connectivity index (χ0v) is 14.2. The molecule has 2 heterocycles. The molecule has 0 radical (unpaired) electrons. The van der Waals surface area contributed by atoms with Gasteiger partial charge < -0.3 is 18.5 Å². The third-order valence-electron chi connectivity index (χ3n) is 4.93. The summed E-state index contributed by atoms with van der Waals surface area (Å²) >= 11 is 0. The Kier molecular flexibility index (Phi) is 5.23. The molecule has 2 unspecified atom stereocenters. The van der Waals surface area contributed by atoms with Crippen molar-refractivity contribution in [3.8, 4) is 0 Å². The van der Waals surface area contributed by atoms with Crippen LogP contribution >= 0.6 is 0 Å². The number of ether oxygens (including phenoxy) is 1. The normalized spacial score (nSPS) is 32.8. The topological polar surface area (TPSA) is 43.3 Å². The highest BCUT2D eigenvalue weighted by atomic mass is 28.4. The highest BCUT2D eigenvalue weighted by molar-refractivity contribution is 6.71. The molecule has 2 rings (SSSR count). The Morgan fingerprint density at radius 2 is 2.10 bits per heavy atom. The van der Waals surface area contributed by atoms with Gasteiger partial charge in [-0.2, -0.15) is 0 Å². The molecule has 2 aliphatic heterocycles. The quantitative estimate of drug-likeness (QED) is 0.703. The van der Waals surface area contributed by atoms with Crippen molar-refractivity contribution in [2.45, 2.75) is 49.9 Å². The predicted molar refractivity (Wildman–Crippen MR) is 82.3 cm³/mol. The fourth-order valence-electron chi connectivity index (χ4n) is 4.05. The van der Waals surface area contributed by atoms with Crippen molar-refractivity contribution in [2.24, 2.45) is 4.99 Å². The number of hydrogen-bond acceptors (Lipinski definition) is 5. The molecule has 0 aromatic carbocycles. The van der Waals surface area contributed by atoms with Crippen molar-refractivity contribution < 1.29 is 13.6 Å². The van der Waals surface area contributed by atoms with Crippen LogP contribution in [-0.4, -0.2) is 65.5 Å². The first-order valence-electron chi connectivity index (χ1n) is 7.61. The highest BCUT2D eigenvalue weighted by Crippen LogP contribution is 2.45. The van der Waals surface area contributed by atoms with E-state index in [4.69, 9.17) is 13.6 Å². The van der Waals surface area contributed by atoms with Gasteiger partial charge in [-0.15, -0.1) is 0 Å². The summed E-state index contributed by atoms with van der Waals surface area (Å²) in [5, 5.41) is -0.306. The van der Waals surface area contributed by atoms with Crippen LogP contribution in [0.1, 0.15) is 32.6 Å². The first kappa shape index (κ1) is 15.9. The van der Waals surface area contributed by atoms with E-state index in [9.17, 15) is 0 Å². The summed E-state index contributed by atoms with van der Waals surface area (Å²) in [4.78, 5) is 6.72. The second-order valence-corrected chi connectivity index (χ2v) is 9.34. The molecule has 0 aromatic rings. The summed E-state index contributed by atoms with van der Waals surface area (Å²) in [6, 6.07) is 1.33. The summed E-state index contributed by atoms with van der Waals surface area (Å²) < 4.78 is 18.1. The van der Waals surface area contributed by atoms with Gasteiger partial charge in [0.15, 0.2) is 0 Å². The second kappa shape index (κ2) is 6.55. The standard InChI is InChI=1S/C14H28N2O3Si/c1-5-8-14(17-2)13(16-10-9-15-12-16)7-6-11-20(14,18-3)19-4/h12-13H,5-11H2,1-4H3. The van der Waals surface area contributed by atoms with Crippen LogP contribution in [0.25, 0.3) is 0 Å². The van der Waals surface area contributed by atoms with Crippen LogP contribution in [0.5, 0.6) is 0 Å². The third-order valence-corrected chi connectivity index (χ3v) is 9.34. The molecule has 0 bridgehead atoms. The molecule has 1 fully saturated rings. The molecule has 0 N–H and O–H groups in total. The van der Waals surface area contributed by atoms with Crippen LogP contribution < -0.4 is 0 Å². The SMILES string of the molecule is CCCC1(OC)C(N2C=NCC2)CCC[Si]1(OC)OC. The van der Waals surface area contributed by atoms with Gasteiger partial charge in [0.05, 0.1) is 18.9 Å². The van der Waals surface area contributed by atoms with E-state index in [2.05, 4.69) is 16.8 Å². The van der Waals surface area contributed by atoms with Crippen molar-refractivity contribution in [2.75, 3.05) is 34.4 Å². The first-order valence-corrected chi connectivity index (χ1v) is 9.63. The zero-order valence-electron chi connectivity index (χ0n) is 13.2. The van der Waals surface area contributed by atoms with E-state index in [-0.39, 0.29) is 5.22 Å². The monoisotopic (exact) mass is 300 g/mol. The molecule has 1 saturated heterocycles. The summed E-state index contributed by atoms with van der Waals surface area (Å²) in [7, 11) is 3.02. The molecule has 0 amide bonds. The van der Waals surface area contributed by atoms with E-state index < -0.39 is 8.56 Å². The Morgan fingerprint density at radius 1 is 1.35 bits per heavy atom. The van der Waals surface area contributed by atoms with Crippen LogP contribution in [0, 0.1) is 0 Å². The number of aliphatic imine (C=N–C) groups is 1. The number of rotatable bonds is 6. The molecular weight excluding hydrogens is 272 g/mol. The van der Waals surface area contributed by atoms with Gasteiger partial charge in [0, 0.05) is 27.9 Å². The molecule has 6 heteroatoms. The summed E-state index contributed by atoms with van der Waals surface area (Å²) in [6.07, 6.45) is 6.30. The highest BCUT2D eigenvalue weighted by Gasteiger charge is 2.64. The van der Waals surface area contributed by atoms with E-state index in [0.717, 1.165) is 44.8 Å². The van der Waals surface area contributed by atoms with Crippen molar-refractivity contribution in [3.05, 3.63) is 0 Å². The molecule has 0 aliphatic carbocycles. The number of nitrogens with zero attached hydrogens (tertiary/aromatic N) is 2. The fraction of sp³-hybridized carbons (Fsp3) is 0.929. The molecule has 20 heavy (non-hydrogen) atoms. The molecule has 2 aliphatic rings. The van der Waals surface area contributed by atoms with E-state index >= 15 is 0 Å². The molecule has 2 atom stereocenters. The van der Waals surface area contributed by atoms with Crippen LogP contribution in [-0.2, 0) is 13.6 Å². The van der Waals surface area contributed by atoms with Gasteiger partial charge in [0.1, 0.15) is 5.22 Å². The minimum atomic E-state index is -2.39. The van der Waals surface area contributed by atoms with Gasteiger partial charge >= 0.3 is 8.56 Å². The van der Waals surface area contributed by atoms with E-state index in [1.165, 1.54) is 0 Å². The zero-order chi connectivity index (χ0) is 14.6. The van der Waals surface area contributed by atoms with Crippen molar-refractivity contribution in [1.29, 1.82) is 0 Å². The minimum absolute atomic E-state index is 0.306. The van der Waals surface area contributed by atoms with Crippen LogP contribution in [0.3, 0.4) is 0 Å². The number of hydrogen-bond donors (Lipinski definition) is 0. The fourth-order valence-corrected chi connectivity index (χ4v) is 8.16. The molecule has 0 saturated carbocycles. The Balaban J connectivity index is 2.40. The smallest absolute Gasteiger partial charge is 0.372 e. The lowest BCUT2D eigenvalue weighted by molar-refractivity contribution is -0.0562. The lowest BCUT2D eigenvalue weighted by atomic mass is 9.98. The van der Waals surface area contributed by atoms with Crippen LogP contribution in [0.15, 0.2) is 4.99 Å². The van der Waals surface area contributed by atoms with Crippen LogP contribution in [0.4, 0.5) is 0 Å². The number of methoxy groups -OCH3 is 1. The van der Waals surface area contributed by atoms with Crippen molar-refractivity contribution in [1.82, 2.24) is 4.90 Å². The molecule has 0 aromatic heterocycles. The third kappa shape index (κ3) is 2.32. The average molecular weight is 300 g/mol. The van der Waals surface area contributed by atoms with E-state index in [1.807, 2.05) is 13.4 Å². The Bertz CT molecular complexity index is 349. The summed E-state index contributed by atoms with van der Waals surface area (Å²) in [5.74, 6) is 0. The second-order valence-electron chi connectivity index (χ2n) is 5.67. The van der Waals surface area contributed by atoms with Crippen LogP contribution in [0.2, 0.25) is 6.04 Å². The molecule has 116 valence electrons. The average Bonchev–Trinajstić information content (AvgIpc) is 3.01. The molecule has 0 spiro atoms. The van der Waals surface area contributed by atoms with Gasteiger partial charge in [-0.3, -0.25) is 4.99 Å². The lowest BCUT2D eigenvalue weighted by Crippen LogP contribution is -2.73. The predicted octanol–water partition coefficient (Wildman–Crippen LogP) is 1.95. The Hall–Kier alpha value is -0.433. The maximum Gasteiger partial charge on any atom is 0.372 e. The van der Waals surface area contributed by atoms with E-state index in [0.29, 0.717) is 6.04 Å². The summed E-state index contributed by atoms with van der Waals surface area (Å²) in [5.41, 5.74) is 0. The minimum Gasteiger partial charge on any atom is -0.396 e. The maximum atomic E-state index is 6.15. The van der Waals surface area contributed by atoms with Gasteiger partial charge in [0.25, 0.3) is 0 Å². The van der Waals surface area contributed by atoms with Gasteiger partial charge in [0.2, 0.25) is 0 Å². The van der Waals surface area contributed by atoms with Crippen molar-refractivity contribution >= 4 is 14.9 Å². The summed E-state index contributed by atoms with van der Waals surface area (Å²) in [6.45, 7) is 4.07. The van der Waals surface area contributed by atoms with E-state index in [1.54, 1.807) is 14.2 Å². The van der Waals surface area contributed by atoms with Gasteiger partial charge in [-0.1, -0.05) is 13.3 Å².